The van der Waals surface area contributed by atoms with Crippen LogP contribution in [0.4, 0.5) is 0 Å². The van der Waals surface area contributed by atoms with E-state index >= 15 is 0 Å². The van der Waals surface area contributed by atoms with Crippen molar-refractivity contribution >= 4 is 6.41 Å². The first-order chi connectivity index (χ1) is 5.77. The summed E-state index contributed by atoms with van der Waals surface area (Å²) in [5.41, 5.74) is 0. The van der Waals surface area contributed by atoms with E-state index in [9.17, 15) is 4.79 Å². The van der Waals surface area contributed by atoms with E-state index in [1.165, 1.54) is 0 Å². The van der Waals surface area contributed by atoms with E-state index < -0.39 is 0 Å². The van der Waals surface area contributed by atoms with Gasteiger partial charge in [0.05, 0.1) is 6.61 Å². The maximum atomic E-state index is 10.5. The summed E-state index contributed by atoms with van der Waals surface area (Å²) in [4.78, 5) is 14.5. The average Bonchev–Trinajstić information content (AvgIpc) is 2.05. The highest BCUT2D eigenvalue weighted by Crippen LogP contribution is 2.05. The molecule has 1 N–H and O–H groups in total. The molecule has 0 aromatic rings. The first-order valence-electron chi connectivity index (χ1n) is 4.32. The SMILES string of the molecule is CC1CN(CCO)CCN1C=O. The molecular weight excluding hydrogens is 156 g/mol. The van der Waals surface area contributed by atoms with Crippen LogP contribution in [0.1, 0.15) is 6.92 Å². The van der Waals surface area contributed by atoms with Crippen LogP contribution < -0.4 is 0 Å². The molecule has 0 aliphatic carbocycles. The van der Waals surface area contributed by atoms with Crippen LogP contribution in [0, 0.1) is 0 Å². The molecule has 0 aromatic carbocycles. The molecule has 0 spiro atoms. The molecule has 1 saturated heterocycles. The van der Waals surface area contributed by atoms with Gasteiger partial charge in [-0.15, -0.1) is 0 Å². The molecule has 4 nitrogen and oxygen atoms in total. The van der Waals surface area contributed by atoms with E-state index in [0.29, 0.717) is 0 Å². The fraction of sp³-hybridized carbons (Fsp3) is 0.875. The summed E-state index contributed by atoms with van der Waals surface area (Å²) in [6.07, 6.45) is 0.904. The van der Waals surface area contributed by atoms with Crippen LogP contribution in [0.15, 0.2) is 0 Å². The minimum Gasteiger partial charge on any atom is -0.395 e. The van der Waals surface area contributed by atoms with Gasteiger partial charge in [-0.05, 0) is 6.92 Å². The zero-order valence-electron chi connectivity index (χ0n) is 7.44. The Hall–Kier alpha value is -0.610. The van der Waals surface area contributed by atoms with Crippen LogP contribution in [-0.2, 0) is 4.79 Å². The standard InChI is InChI=1S/C8H16N2O2/c1-8-6-9(4-5-11)2-3-10(8)7-12/h7-8,11H,2-6H2,1H3. The highest BCUT2D eigenvalue weighted by Gasteiger charge is 2.21. The lowest BCUT2D eigenvalue weighted by molar-refractivity contribution is -0.122. The van der Waals surface area contributed by atoms with Gasteiger partial charge in [0.25, 0.3) is 0 Å². The molecule has 0 saturated carbocycles. The van der Waals surface area contributed by atoms with Crippen molar-refractivity contribution in [3.8, 4) is 0 Å². The van der Waals surface area contributed by atoms with Gasteiger partial charge in [0.1, 0.15) is 0 Å². The van der Waals surface area contributed by atoms with E-state index in [1.54, 1.807) is 4.90 Å². The minimum absolute atomic E-state index is 0.202. The first-order valence-corrected chi connectivity index (χ1v) is 4.32. The van der Waals surface area contributed by atoms with Crippen molar-refractivity contribution in [3.05, 3.63) is 0 Å². The quantitative estimate of drug-likeness (QED) is 0.563. The van der Waals surface area contributed by atoms with Crippen molar-refractivity contribution in [3.63, 3.8) is 0 Å². The number of rotatable bonds is 3. The Morgan fingerprint density at radius 3 is 2.83 bits per heavy atom. The predicted octanol–water partition coefficient (Wildman–Crippen LogP) is -0.859. The summed E-state index contributed by atoms with van der Waals surface area (Å²) >= 11 is 0. The molecular formula is C8H16N2O2. The minimum atomic E-state index is 0.202. The Morgan fingerprint density at radius 2 is 2.33 bits per heavy atom. The molecule has 1 atom stereocenters. The number of carbonyl (C=O) groups is 1. The molecule has 1 rings (SSSR count). The van der Waals surface area contributed by atoms with Crippen LogP contribution in [0.25, 0.3) is 0 Å². The number of hydrogen-bond acceptors (Lipinski definition) is 3. The number of carbonyl (C=O) groups excluding carboxylic acids is 1. The fourth-order valence-corrected chi connectivity index (χ4v) is 1.55. The molecule has 1 fully saturated rings. The van der Waals surface area contributed by atoms with Gasteiger partial charge in [0, 0.05) is 32.2 Å². The molecule has 1 heterocycles. The zero-order chi connectivity index (χ0) is 8.97. The molecule has 12 heavy (non-hydrogen) atoms. The highest BCUT2D eigenvalue weighted by molar-refractivity contribution is 5.47. The fourth-order valence-electron chi connectivity index (χ4n) is 1.55. The number of aliphatic hydroxyl groups excluding tert-OH is 1. The van der Waals surface area contributed by atoms with Crippen LogP contribution in [0.5, 0.6) is 0 Å². The van der Waals surface area contributed by atoms with Gasteiger partial charge in [-0.25, -0.2) is 0 Å². The number of hydrogen-bond donors (Lipinski definition) is 1. The topological polar surface area (TPSA) is 43.8 Å². The molecule has 0 radical (unpaired) electrons. The van der Waals surface area contributed by atoms with Gasteiger partial charge in [-0.3, -0.25) is 9.69 Å². The van der Waals surface area contributed by atoms with Gasteiger partial charge in [-0.2, -0.15) is 0 Å². The summed E-state index contributed by atoms with van der Waals surface area (Å²) in [6, 6.07) is 0.280. The molecule has 0 bridgehead atoms. The number of piperazine rings is 1. The van der Waals surface area contributed by atoms with Gasteiger partial charge in [-0.1, -0.05) is 0 Å². The second-order valence-corrected chi connectivity index (χ2v) is 3.22. The molecule has 1 unspecified atom stereocenters. The summed E-state index contributed by atoms with van der Waals surface area (Å²) in [7, 11) is 0. The summed E-state index contributed by atoms with van der Waals surface area (Å²) in [5, 5.41) is 8.70. The van der Waals surface area contributed by atoms with E-state index in [-0.39, 0.29) is 12.6 Å². The first kappa shape index (κ1) is 9.48. The van der Waals surface area contributed by atoms with Crippen molar-refractivity contribution in [2.45, 2.75) is 13.0 Å². The Balaban J connectivity index is 2.35. The third-order valence-corrected chi connectivity index (χ3v) is 2.31. The van der Waals surface area contributed by atoms with Crippen LogP contribution in [-0.4, -0.2) is 60.1 Å². The average molecular weight is 172 g/mol. The van der Waals surface area contributed by atoms with Crippen molar-refractivity contribution in [1.29, 1.82) is 0 Å². The monoisotopic (exact) mass is 172 g/mol. The maximum absolute atomic E-state index is 10.5. The third kappa shape index (κ3) is 2.19. The Bertz CT molecular complexity index is 152. The lowest BCUT2D eigenvalue weighted by Crippen LogP contribution is -2.51. The van der Waals surface area contributed by atoms with Gasteiger partial charge >= 0.3 is 0 Å². The van der Waals surface area contributed by atoms with Gasteiger partial charge in [0.2, 0.25) is 6.41 Å². The van der Waals surface area contributed by atoms with Crippen molar-refractivity contribution < 1.29 is 9.90 Å². The number of β-amino-alcohol motifs (C(OH)–C–C–N with tert-alkyl or cyclic N) is 1. The van der Waals surface area contributed by atoms with Crippen molar-refractivity contribution in [1.82, 2.24) is 9.80 Å². The molecule has 1 amide bonds. The number of amides is 1. The maximum Gasteiger partial charge on any atom is 0.210 e. The van der Waals surface area contributed by atoms with Gasteiger partial charge in [0.15, 0.2) is 0 Å². The normalized spacial score (nSPS) is 25.8. The second kappa shape index (κ2) is 4.42. The molecule has 4 heteroatoms. The van der Waals surface area contributed by atoms with Crippen molar-refractivity contribution in [2.24, 2.45) is 0 Å². The largest absolute Gasteiger partial charge is 0.395 e. The van der Waals surface area contributed by atoms with E-state index in [0.717, 1.165) is 32.6 Å². The lowest BCUT2D eigenvalue weighted by atomic mass is 10.2. The Morgan fingerprint density at radius 1 is 1.58 bits per heavy atom. The molecule has 1 aliphatic heterocycles. The van der Waals surface area contributed by atoms with Gasteiger partial charge < -0.3 is 10.0 Å². The van der Waals surface area contributed by atoms with Crippen LogP contribution >= 0.6 is 0 Å². The highest BCUT2D eigenvalue weighted by atomic mass is 16.3. The number of nitrogens with zero attached hydrogens (tertiary/aromatic N) is 2. The Kier molecular flexibility index (Phi) is 3.49. The third-order valence-electron chi connectivity index (χ3n) is 2.31. The smallest absolute Gasteiger partial charge is 0.210 e. The number of aliphatic hydroxyl groups is 1. The van der Waals surface area contributed by atoms with E-state index in [2.05, 4.69) is 4.90 Å². The molecule has 1 aliphatic rings. The van der Waals surface area contributed by atoms with Crippen LogP contribution in [0.3, 0.4) is 0 Å². The Labute approximate surface area is 72.8 Å². The summed E-state index contributed by atoms with van der Waals surface area (Å²) in [6.45, 7) is 5.48. The zero-order valence-corrected chi connectivity index (χ0v) is 7.44. The summed E-state index contributed by atoms with van der Waals surface area (Å²) in [5.74, 6) is 0. The van der Waals surface area contributed by atoms with Crippen LogP contribution in [0.2, 0.25) is 0 Å². The summed E-state index contributed by atoms with van der Waals surface area (Å²) < 4.78 is 0. The lowest BCUT2D eigenvalue weighted by Gasteiger charge is -2.37. The second-order valence-electron chi connectivity index (χ2n) is 3.22. The molecule has 70 valence electrons. The predicted molar refractivity (Wildman–Crippen MR) is 45.8 cm³/mol. The van der Waals surface area contributed by atoms with E-state index in [1.807, 2.05) is 6.92 Å². The van der Waals surface area contributed by atoms with Crippen molar-refractivity contribution in [2.75, 3.05) is 32.8 Å². The van der Waals surface area contributed by atoms with E-state index in [4.69, 9.17) is 5.11 Å². The molecule has 0 aromatic heterocycles.